The number of carbonyl (C=O) groups excluding carboxylic acids is 1. The van der Waals surface area contributed by atoms with Gasteiger partial charge in [-0.05, 0) is 52.2 Å². The van der Waals surface area contributed by atoms with E-state index < -0.39 is 23.9 Å². The van der Waals surface area contributed by atoms with Gasteiger partial charge in [-0.3, -0.25) is 4.79 Å². The summed E-state index contributed by atoms with van der Waals surface area (Å²) in [6.07, 6.45) is 0.325. The van der Waals surface area contributed by atoms with Crippen molar-refractivity contribution in [1.82, 2.24) is 4.90 Å². The fourth-order valence-corrected chi connectivity index (χ4v) is 3.09. The van der Waals surface area contributed by atoms with Crippen LogP contribution in [0.15, 0.2) is 18.2 Å². The second-order valence-electron chi connectivity index (χ2n) is 8.25. The van der Waals surface area contributed by atoms with Crippen molar-refractivity contribution < 1.29 is 19.2 Å². The molecule has 6 heteroatoms. The lowest BCUT2D eigenvalue weighted by molar-refractivity contribution is -0.137. The van der Waals surface area contributed by atoms with E-state index in [-0.39, 0.29) is 5.91 Å². The maximum absolute atomic E-state index is 12.1. The fraction of sp³-hybridized carbons (Fsp3) is 0.550. The minimum Gasteiger partial charge on any atom is -0.399 e. The highest BCUT2D eigenvalue weighted by atomic mass is 16.7. The fourth-order valence-electron chi connectivity index (χ4n) is 3.09. The Kier molecular flexibility index (Phi) is 4.47. The molecule has 5 nitrogen and oxygen atoms in total. The Balaban J connectivity index is 1.89. The second kappa shape index (κ2) is 6.12. The SMILES string of the molecule is Cc1ccc(C#C[C@@]2(O)CCN(C)C2=O)cc1B1OC(C)(C)C(C)(C)O1. The monoisotopic (exact) mass is 355 g/mol. The highest BCUT2D eigenvalue weighted by Crippen LogP contribution is 2.36. The number of aliphatic hydroxyl groups is 1. The van der Waals surface area contributed by atoms with Crippen LogP contribution in [-0.4, -0.2) is 53.4 Å². The molecule has 2 aliphatic heterocycles. The molecule has 1 aromatic carbocycles. The summed E-state index contributed by atoms with van der Waals surface area (Å²) in [7, 11) is 1.20. The van der Waals surface area contributed by atoms with Crippen LogP contribution < -0.4 is 5.46 Å². The van der Waals surface area contributed by atoms with E-state index >= 15 is 0 Å². The molecule has 2 heterocycles. The lowest BCUT2D eigenvalue weighted by atomic mass is 9.75. The predicted octanol–water partition coefficient (Wildman–Crippen LogP) is 1.24. The zero-order chi connectivity index (χ0) is 19.3. The van der Waals surface area contributed by atoms with E-state index in [0.29, 0.717) is 13.0 Å². The number of carbonyl (C=O) groups is 1. The largest absolute Gasteiger partial charge is 0.495 e. The molecule has 1 N–H and O–H groups in total. The maximum atomic E-state index is 12.1. The van der Waals surface area contributed by atoms with Crippen molar-refractivity contribution in [2.75, 3.05) is 13.6 Å². The van der Waals surface area contributed by atoms with Gasteiger partial charge in [0.15, 0.2) is 0 Å². The molecule has 0 radical (unpaired) electrons. The molecule has 3 rings (SSSR count). The minimum absolute atomic E-state index is 0.325. The number of likely N-dealkylation sites (tertiary alicyclic amines) is 1. The summed E-state index contributed by atoms with van der Waals surface area (Å²) in [5.41, 5.74) is 0.256. The van der Waals surface area contributed by atoms with Crippen LogP contribution in [0.4, 0.5) is 0 Å². The maximum Gasteiger partial charge on any atom is 0.495 e. The van der Waals surface area contributed by atoms with E-state index in [9.17, 15) is 9.90 Å². The molecule has 1 aromatic rings. The van der Waals surface area contributed by atoms with Crippen molar-refractivity contribution >= 4 is 18.5 Å². The normalized spacial score (nSPS) is 26.8. The number of benzene rings is 1. The Bertz CT molecular complexity index is 792. The van der Waals surface area contributed by atoms with Crippen LogP contribution in [0.5, 0.6) is 0 Å². The van der Waals surface area contributed by atoms with Gasteiger partial charge in [-0.2, -0.15) is 0 Å². The van der Waals surface area contributed by atoms with E-state index in [2.05, 4.69) is 11.8 Å². The van der Waals surface area contributed by atoms with E-state index in [1.165, 1.54) is 4.90 Å². The average Bonchev–Trinajstić information content (AvgIpc) is 2.93. The summed E-state index contributed by atoms with van der Waals surface area (Å²) in [6, 6.07) is 5.75. The number of rotatable bonds is 1. The van der Waals surface area contributed by atoms with Gasteiger partial charge in [0.2, 0.25) is 5.60 Å². The molecule has 0 aromatic heterocycles. The van der Waals surface area contributed by atoms with Crippen LogP contribution in [0, 0.1) is 18.8 Å². The van der Waals surface area contributed by atoms with Gasteiger partial charge >= 0.3 is 7.12 Å². The lowest BCUT2D eigenvalue weighted by Crippen LogP contribution is -2.41. The van der Waals surface area contributed by atoms with E-state index in [4.69, 9.17) is 9.31 Å². The van der Waals surface area contributed by atoms with Crippen LogP contribution in [0.1, 0.15) is 45.2 Å². The highest BCUT2D eigenvalue weighted by Gasteiger charge is 2.52. The second-order valence-corrected chi connectivity index (χ2v) is 8.25. The molecule has 0 saturated carbocycles. The average molecular weight is 355 g/mol. The zero-order valence-corrected chi connectivity index (χ0v) is 16.3. The van der Waals surface area contributed by atoms with Gasteiger partial charge in [-0.25, -0.2) is 0 Å². The summed E-state index contributed by atoms with van der Waals surface area (Å²) in [6.45, 7) is 10.6. The minimum atomic E-state index is -1.59. The number of hydrogen-bond acceptors (Lipinski definition) is 4. The van der Waals surface area contributed by atoms with Crippen molar-refractivity contribution in [3.63, 3.8) is 0 Å². The van der Waals surface area contributed by atoms with Crippen molar-refractivity contribution in [3.05, 3.63) is 29.3 Å². The van der Waals surface area contributed by atoms with Crippen LogP contribution in [0.25, 0.3) is 0 Å². The summed E-state index contributed by atoms with van der Waals surface area (Å²) in [5.74, 6) is 5.36. The van der Waals surface area contributed by atoms with Gasteiger partial charge in [0.05, 0.1) is 11.2 Å². The van der Waals surface area contributed by atoms with Crippen molar-refractivity contribution in [2.24, 2.45) is 0 Å². The lowest BCUT2D eigenvalue weighted by Gasteiger charge is -2.32. The molecule has 0 bridgehead atoms. The molecule has 1 atom stereocenters. The highest BCUT2D eigenvalue weighted by molar-refractivity contribution is 6.62. The van der Waals surface area contributed by atoms with Gasteiger partial charge in [-0.1, -0.05) is 23.5 Å². The number of likely N-dealkylation sites (N-methyl/N-ethyl adjacent to an activating group) is 1. The molecule has 0 spiro atoms. The molecular formula is C20H26BNO4. The Labute approximate surface area is 155 Å². The molecule has 138 valence electrons. The molecule has 2 saturated heterocycles. The number of amides is 1. The molecule has 26 heavy (non-hydrogen) atoms. The molecule has 0 unspecified atom stereocenters. The Morgan fingerprint density at radius 2 is 1.81 bits per heavy atom. The van der Waals surface area contributed by atoms with E-state index in [1.807, 2.05) is 52.8 Å². The Morgan fingerprint density at radius 1 is 1.19 bits per heavy atom. The first-order valence-corrected chi connectivity index (χ1v) is 8.92. The Hall–Kier alpha value is -1.81. The summed E-state index contributed by atoms with van der Waals surface area (Å²) in [4.78, 5) is 13.6. The predicted molar refractivity (Wildman–Crippen MR) is 101 cm³/mol. The molecule has 2 fully saturated rings. The first-order valence-electron chi connectivity index (χ1n) is 8.92. The summed E-state index contributed by atoms with van der Waals surface area (Å²) >= 11 is 0. The third-order valence-electron chi connectivity index (χ3n) is 5.71. The summed E-state index contributed by atoms with van der Waals surface area (Å²) < 4.78 is 12.3. The third kappa shape index (κ3) is 3.16. The van der Waals surface area contributed by atoms with Gasteiger partial charge in [0, 0.05) is 25.6 Å². The van der Waals surface area contributed by atoms with E-state index in [0.717, 1.165) is 16.6 Å². The van der Waals surface area contributed by atoms with Crippen LogP contribution >= 0.6 is 0 Å². The Morgan fingerprint density at radius 3 is 2.35 bits per heavy atom. The van der Waals surface area contributed by atoms with Gasteiger partial charge in [0.25, 0.3) is 5.91 Å². The van der Waals surface area contributed by atoms with Crippen LogP contribution in [0.2, 0.25) is 0 Å². The number of nitrogens with zero attached hydrogens (tertiary/aromatic N) is 1. The summed E-state index contributed by atoms with van der Waals surface area (Å²) in [5, 5.41) is 10.4. The van der Waals surface area contributed by atoms with Crippen molar-refractivity contribution in [1.29, 1.82) is 0 Å². The molecule has 2 aliphatic rings. The standard InChI is InChI=1S/C20H26BNO4/c1-14-7-8-15(9-10-20(24)11-12-22(6)17(20)23)13-16(14)21-25-18(2,3)19(4,5)26-21/h7-8,13,24H,11-12H2,1-6H3/t20-/m1/s1. The first-order chi connectivity index (χ1) is 12.0. The van der Waals surface area contributed by atoms with Crippen molar-refractivity contribution in [3.8, 4) is 11.8 Å². The zero-order valence-electron chi connectivity index (χ0n) is 16.3. The number of aryl methyl sites for hydroxylation is 1. The van der Waals surface area contributed by atoms with E-state index in [1.54, 1.807) is 7.05 Å². The number of hydrogen-bond donors (Lipinski definition) is 1. The van der Waals surface area contributed by atoms with Crippen LogP contribution in [0.3, 0.4) is 0 Å². The van der Waals surface area contributed by atoms with Crippen molar-refractivity contribution in [2.45, 2.75) is 57.8 Å². The van der Waals surface area contributed by atoms with Gasteiger partial charge in [0.1, 0.15) is 0 Å². The smallest absolute Gasteiger partial charge is 0.399 e. The molecule has 1 amide bonds. The third-order valence-corrected chi connectivity index (χ3v) is 5.71. The molecule has 0 aliphatic carbocycles. The van der Waals surface area contributed by atoms with Gasteiger partial charge in [-0.15, -0.1) is 0 Å². The van der Waals surface area contributed by atoms with Crippen LogP contribution in [-0.2, 0) is 14.1 Å². The first kappa shape index (κ1) is 19.0. The van der Waals surface area contributed by atoms with Gasteiger partial charge < -0.3 is 19.3 Å². The quantitative estimate of drug-likeness (QED) is 0.608. The molecular weight excluding hydrogens is 329 g/mol. The topological polar surface area (TPSA) is 59.0 Å².